The molecule has 0 N–H and O–H groups in total. The summed E-state index contributed by atoms with van der Waals surface area (Å²) >= 11 is 0. The number of pyridine rings is 2. The Balaban J connectivity index is 1.08. The van der Waals surface area contributed by atoms with Gasteiger partial charge in [0.15, 0.2) is 0 Å². The van der Waals surface area contributed by atoms with Crippen LogP contribution in [0.2, 0.25) is 0 Å². The number of hydrogen-bond acceptors (Lipinski definition) is 3. The van der Waals surface area contributed by atoms with Crippen LogP contribution >= 0.6 is 0 Å². The van der Waals surface area contributed by atoms with Crippen molar-refractivity contribution in [2.45, 2.75) is 18.1 Å². The molecule has 1 aliphatic carbocycles. The third-order valence-corrected chi connectivity index (χ3v) is 13.0. The predicted octanol–water partition coefficient (Wildman–Crippen LogP) is 15.9. The van der Waals surface area contributed by atoms with Crippen LogP contribution in [0.3, 0.4) is 0 Å². The summed E-state index contributed by atoms with van der Waals surface area (Å²) in [4.78, 5) is 11.7. The second-order valence-electron chi connectivity index (χ2n) is 17.1. The first-order chi connectivity index (χ1) is 33.2. The number of benzene rings is 7. The number of fused-ring (bicyclic) bond motifs is 6. The van der Waals surface area contributed by atoms with Crippen LogP contribution in [0.4, 0.5) is 33.3 Å². The Kier molecular flexibility index (Phi) is 9.76. The van der Waals surface area contributed by atoms with Crippen molar-refractivity contribution in [3.8, 4) is 61.8 Å². The van der Waals surface area contributed by atoms with Gasteiger partial charge < -0.3 is 9.47 Å². The van der Waals surface area contributed by atoms with E-state index in [1.165, 1.54) is 6.07 Å². The van der Waals surface area contributed by atoms with Crippen molar-refractivity contribution in [2.24, 2.45) is 0 Å². The lowest BCUT2D eigenvalue weighted by Crippen LogP contribution is -2.31. The molecule has 1 aliphatic heterocycles. The fourth-order valence-corrected chi connectivity index (χ4v) is 10.1. The van der Waals surface area contributed by atoms with Gasteiger partial charge in [0.1, 0.15) is 17.2 Å². The summed E-state index contributed by atoms with van der Waals surface area (Å²) in [5.41, 5.74) is 7.65. The van der Waals surface area contributed by atoms with E-state index in [1.807, 2.05) is 170 Å². The molecule has 0 saturated heterocycles. The van der Waals surface area contributed by atoms with Crippen LogP contribution in [0.25, 0.3) is 83.6 Å². The van der Waals surface area contributed by atoms with E-state index < -0.39 is 29.4 Å². The van der Waals surface area contributed by atoms with Crippen molar-refractivity contribution in [3.63, 3.8) is 0 Å². The number of anilines is 2. The van der Waals surface area contributed by atoms with Crippen LogP contribution in [-0.4, -0.2) is 20.6 Å². The molecule has 0 spiro atoms. The highest BCUT2D eigenvalue weighted by atomic mass is 19.4. The first kappa shape index (κ1) is 41.0. The molecule has 9 heteroatoms. The molecule has 328 valence electrons. The van der Waals surface area contributed by atoms with Crippen molar-refractivity contribution in [1.29, 1.82) is 0 Å². The molecule has 7 aromatic carbocycles. The molecule has 0 saturated carbocycles. The van der Waals surface area contributed by atoms with Crippen molar-refractivity contribution in [2.75, 3.05) is 4.90 Å². The summed E-state index contributed by atoms with van der Waals surface area (Å²) in [5, 5.41) is 1.38. The van der Waals surface area contributed by atoms with Crippen LogP contribution in [0, 0.1) is 11.6 Å². The molecule has 2 aliphatic rings. The fraction of sp³-hybridized carbons (Fsp3) is 0.0508. The zero-order chi connectivity index (χ0) is 46.1. The second kappa shape index (κ2) is 16.2. The van der Waals surface area contributed by atoms with Crippen LogP contribution in [0.1, 0.15) is 17.0 Å². The van der Waals surface area contributed by atoms with E-state index in [2.05, 4.69) is 0 Å². The Morgan fingerprint density at radius 3 is 1.66 bits per heavy atom. The van der Waals surface area contributed by atoms with E-state index in [4.69, 9.17) is 9.97 Å². The maximum absolute atomic E-state index is 16.7. The molecule has 3 aromatic heterocycles. The van der Waals surface area contributed by atoms with Gasteiger partial charge in [0.2, 0.25) is 0 Å². The van der Waals surface area contributed by atoms with E-state index in [1.54, 1.807) is 27.7 Å². The SMILES string of the molecule is Fc1cc(F)cc(-c2ccc(N3c4ccc(-c5cccc(-c6ccccc6)n5)cc4C4C=CC=CC43)c(C(F)(F)F)c2-n2c3ccccc3c3cc(-c4cccc(-c5ccccc5)n4)ccc32)c1. The molecule has 12 rings (SSSR count). The molecular weight excluding hydrogens is 860 g/mol. The molecule has 0 fully saturated rings. The number of aromatic nitrogens is 3. The average Bonchev–Trinajstić information content (AvgIpc) is 3.88. The highest BCUT2D eigenvalue weighted by molar-refractivity contribution is 6.11. The molecule has 0 radical (unpaired) electrons. The minimum absolute atomic E-state index is 0.0122. The summed E-state index contributed by atoms with van der Waals surface area (Å²) < 4.78 is 82.1. The van der Waals surface area contributed by atoms with Crippen LogP contribution in [0.15, 0.2) is 212 Å². The quantitative estimate of drug-likeness (QED) is 0.150. The predicted molar refractivity (Wildman–Crippen MR) is 262 cm³/mol. The number of rotatable bonds is 7. The normalized spacial score (nSPS) is 15.3. The van der Waals surface area contributed by atoms with Crippen LogP contribution < -0.4 is 4.90 Å². The summed E-state index contributed by atoms with van der Waals surface area (Å²) in [6.45, 7) is 0. The van der Waals surface area contributed by atoms with Crippen molar-refractivity contribution in [3.05, 3.63) is 235 Å². The van der Waals surface area contributed by atoms with Gasteiger partial charge in [-0.2, -0.15) is 13.2 Å². The highest BCUT2D eigenvalue weighted by Gasteiger charge is 2.45. The molecule has 4 heterocycles. The third-order valence-electron chi connectivity index (χ3n) is 13.0. The Hall–Kier alpha value is -8.43. The Morgan fingerprint density at radius 1 is 0.441 bits per heavy atom. The van der Waals surface area contributed by atoms with Gasteiger partial charge in [-0.1, -0.05) is 133 Å². The van der Waals surface area contributed by atoms with E-state index >= 15 is 22.0 Å². The fourth-order valence-electron chi connectivity index (χ4n) is 10.1. The lowest BCUT2D eigenvalue weighted by atomic mass is 9.90. The zero-order valence-corrected chi connectivity index (χ0v) is 36.0. The molecule has 0 amide bonds. The number of alkyl halides is 3. The van der Waals surface area contributed by atoms with Crippen molar-refractivity contribution < 1.29 is 22.0 Å². The lowest BCUT2D eigenvalue weighted by molar-refractivity contribution is -0.136. The Labute approximate surface area is 388 Å². The van der Waals surface area contributed by atoms with Crippen molar-refractivity contribution >= 4 is 33.2 Å². The number of nitrogens with zero attached hydrogens (tertiary/aromatic N) is 4. The minimum atomic E-state index is -4.97. The number of para-hydroxylation sites is 1. The highest BCUT2D eigenvalue weighted by Crippen LogP contribution is 2.54. The maximum Gasteiger partial charge on any atom is 0.420 e. The Morgan fingerprint density at radius 2 is 1.00 bits per heavy atom. The van der Waals surface area contributed by atoms with Gasteiger partial charge >= 0.3 is 6.18 Å². The number of allylic oxidation sites excluding steroid dienone is 2. The summed E-state index contributed by atoms with van der Waals surface area (Å²) in [5.74, 6) is -2.11. The van der Waals surface area contributed by atoms with Gasteiger partial charge in [-0.05, 0) is 83.9 Å². The lowest BCUT2D eigenvalue weighted by Gasteiger charge is -2.33. The zero-order valence-electron chi connectivity index (χ0n) is 36.0. The molecule has 0 bridgehead atoms. The molecule has 2 atom stereocenters. The number of hydrogen-bond donors (Lipinski definition) is 0. The standard InChI is InChI=1S/C59H37F5N4/c60-41-31-40(32-42(61)35-41)43-27-30-56(67-52-23-9-7-17-44(52)46-33-38(25-28-54(46)67)50-21-11-19-48(65-50)36-13-3-1-4-14-36)57(59(62,63)64)58(43)68-53-24-10-8-18-45(53)47-34-39(26-29-55(47)68)51-22-12-20-49(66-51)37-15-5-2-6-16-37/h1-35,44,52H. The van der Waals surface area contributed by atoms with Crippen molar-refractivity contribution in [1.82, 2.24) is 14.5 Å². The van der Waals surface area contributed by atoms with E-state index in [9.17, 15) is 0 Å². The van der Waals surface area contributed by atoms with Gasteiger partial charge in [0, 0.05) is 56.3 Å². The largest absolute Gasteiger partial charge is 0.420 e. The van der Waals surface area contributed by atoms with E-state index in [-0.39, 0.29) is 28.4 Å². The molecule has 2 unspecified atom stereocenters. The Bertz CT molecular complexity index is 3650. The van der Waals surface area contributed by atoms with Gasteiger partial charge in [0.25, 0.3) is 0 Å². The minimum Gasteiger partial charge on any atom is -0.333 e. The topological polar surface area (TPSA) is 34.0 Å². The van der Waals surface area contributed by atoms with E-state index in [0.29, 0.717) is 33.2 Å². The van der Waals surface area contributed by atoms with Crippen LogP contribution in [0.5, 0.6) is 0 Å². The summed E-state index contributed by atoms with van der Waals surface area (Å²) in [6, 6.07) is 55.4. The first-order valence-electron chi connectivity index (χ1n) is 22.3. The second-order valence-corrected chi connectivity index (χ2v) is 17.1. The molecule has 4 nitrogen and oxygen atoms in total. The maximum atomic E-state index is 16.7. The molecule has 10 aromatic rings. The summed E-state index contributed by atoms with van der Waals surface area (Å²) in [7, 11) is 0. The van der Waals surface area contributed by atoms with Gasteiger partial charge in [-0.25, -0.2) is 18.7 Å². The third kappa shape index (κ3) is 6.97. The monoisotopic (exact) mass is 896 g/mol. The van der Waals surface area contributed by atoms with E-state index in [0.717, 1.165) is 63.1 Å². The average molecular weight is 897 g/mol. The number of halogens is 5. The van der Waals surface area contributed by atoms with Crippen LogP contribution in [-0.2, 0) is 6.18 Å². The summed E-state index contributed by atoms with van der Waals surface area (Å²) in [6.07, 6.45) is 2.76. The van der Waals surface area contributed by atoms with Gasteiger partial charge in [0.05, 0.1) is 51.2 Å². The van der Waals surface area contributed by atoms with Gasteiger partial charge in [-0.3, -0.25) is 0 Å². The molecular formula is C59H37F5N4. The first-order valence-corrected chi connectivity index (χ1v) is 22.3. The smallest absolute Gasteiger partial charge is 0.333 e. The molecule has 68 heavy (non-hydrogen) atoms. The van der Waals surface area contributed by atoms with Gasteiger partial charge in [-0.15, -0.1) is 0 Å².